The van der Waals surface area contributed by atoms with Gasteiger partial charge in [-0.3, -0.25) is 10.1 Å². The Morgan fingerprint density at radius 2 is 1.41 bits per heavy atom. The van der Waals surface area contributed by atoms with Crippen molar-refractivity contribution >= 4 is 17.7 Å². The Morgan fingerprint density at radius 3 is 1.89 bits per heavy atom. The maximum atomic E-state index is 11.9. The van der Waals surface area contributed by atoms with Gasteiger partial charge in [0.15, 0.2) is 0 Å². The van der Waals surface area contributed by atoms with Crippen molar-refractivity contribution in [2.24, 2.45) is 5.41 Å². The van der Waals surface area contributed by atoms with Gasteiger partial charge in [0.25, 0.3) is 0 Å². The molecule has 1 atom stereocenters. The number of anilines is 1. The van der Waals surface area contributed by atoms with E-state index in [0.717, 1.165) is 11.1 Å². The maximum absolute atomic E-state index is 11.9. The van der Waals surface area contributed by atoms with E-state index in [1.54, 1.807) is 46.8 Å². The van der Waals surface area contributed by atoms with Crippen molar-refractivity contribution < 1.29 is 19.4 Å². The molecule has 5 heteroatoms. The molecule has 0 saturated heterocycles. The zero-order valence-corrected chi connectivity index (χ0v) is 16.4. The summed E-state index contributed by atoms with van der Waals surface area (Å²) in [5, 5.41) is 12.4. The Balaban J connectivity index is 2.30. The van der Waals surface area contributed by atoms with E-state index in [4.69, 9.17) is 4.74 Å². The molecule has 144 valence electrons. The number of benzene rings is 2. The molecular weight excluding hydrogens is 342 g/mol. The molecule has 1 unspecified atom stereocenters. The van der Waals surface area contributed by atoms with Crippen molar-refractivity contribution in [3.63, 3.8) is 0 Å². The molecular formula is C22H27NO4. The summed E-state index contributed by atoms with van der Waals surface area (Å²) < 4.78 is 5.25. The van der Waals surface area contributed by atoms with Gasteiger partial charge in [-0.1, -0.05) is 42.5 Å². The van der Waals surface area contributed by atoms with Crippen LogP contribution in [0.5, 0.6) is 0 Å². The quantitative estimate of drug-likeness (QED) is 0.752. The number of carboxylic acids is 1. The lowest BCUT2D eigenvalue weighted by molar-refractivity contribution is -0.147. The predicted octanol–water partition coefficient (Wildman–Crippen LogP) is 5.28. The topological polar surface area (TPSA) is 75.6 Å². The summed E-state index contributed by atoms with van der Waals surface area (Å²) in [6.45, 7) is 8.84. The van der Waals surface area contributed by atoms with Crippen molar-refractivity contribution in [3.8, 4) is 0 Å². The average Bonchev–Trinajstić information content (AvgIpc) is 2.55. The van der Waals surface area contributed by atoms with Gasteiger partial charge in [-0.2, -0.15) is 0 Å². The Hall–Kier alpha value is -2.82. The molecule has 0 saturated carbocycles. The number of hydrogen-bond donors (Lipinski definition) is 2. The van der Waals surface area contributed by atoms with Crippen LogP contribution < -0.4 is 5.32 Å². The van der Waals surface area contributed by atoms with Crippen LogP contribution in [0, 0.1) is 5.41 Å². The fraction of sp³-hybridized carbons (Fsp3) is 0.364. The highest BCUT2D eigenvalue weighted by atomic mass is 16.6. The lowest BCUT2D eigenvalue weighted by Gasteiger charge is -2.31. The summed E-state index contributed by atoms with van der Waals surface area (Å²) >= 11 is 0. The summed E-state index contributed by atoms with van der Waals surface area (Å²) in [6.07, 6.45) is -0.527. The second-order valence-electron chi connectivity index (χ2n) is 8.12. The SMILES string of the molecule is CC(C)(C)OC(=O)Nc1ccc(C(c2ccccc2)C(C)(C)C(=O)O)cc1. The van der Waals surface area contributed by atoms with Crippen LogP contribution in [-0.2, 0) is 9.53 Å². The van der Waals surface area contributed by atoms with Gasteiger partial charge >= 0.3 is 12.1 Å². The third-order valence-corrected chi connectivity index (χ3v) is 4.30. The van der Waals surface area contributed by atoms with Gasteiger partial charge in [0, 0.05) is 11.6 Å². The van der Waals surface area contributed by atoms with Gasteiger partial charge in [0.05, 0.1) is 5.41 Å². The first-order chi connectivity index (χ1) is 12.5. The van der Waals surface area contributed by atoms with Gasteiger partial charge in [-0.05, 0) is 57.9 Å². The van der Waals surface area contributed by atoms with Gasteiger partial charge in [-0.25, -0.2) is 4.79 Å². The number of carboxylic acid groups (broad SMARTS) is 1. The third-order valence-electron chi connectivity index (χ3n) is 4.30. The van der Waals surface area contributed by atoms with E-state index in [9.17, 15) is 14.7 Å². The minimum Gasteiger partial charge on any atom is -0.481 e. The number of amides is 1. The van der Waals surface area contributed by atoms with Crippen molar-refractivity contribution in [1.29, 1.82) is 0 Å². The fourth-order valence-electron chi connectivity index (χ4n) is 2.98. The van der Waals surface area contributed by atoms with Crippen LogP contribution in [0.4, 0.5) is 10.5 Å². The van der Waals surface area contributed by atoms with Crippen molar-refractivity contribution in [3.05, 3.63) is 65.7 Å². The second kappa shape index (κ2) is 7.82. The second-order valence-corrected chi connectivity index (χ2v) is 8.12. The maximum Gasteiger partial charge on any atom is 0.412 e. The molecule has 1 amide bonds. The van der Waals surface area contributed by atoms with E-state index >= 15 is 0 Å². The van der Waals surface area contributed by atoms with Crippen molar-refractivity contribution in [2.75, 3.05) is 5.32 Å². The molecule has 2 aromatic rings. The van der Waals surface area contributed by atoms with E-state index in [1.165, 1.54) is 0 Å². The summed E-state index contributed by atoms with van der Waals surface area (Å²) in [4.78, 5) is 23.8. The van der Waals surface area contributed by atoms with Gasteiger partial charge in [0.2, 0.25) is 0 Å². The Kier molecular flexibility index (Phi) is 5.94. The highest BCUT2D eigenvalue weighted by molar-refractivity contribution is 5.85. The molecule has 0 aliphatic heterocycles. The molecule has 2 aromatic carbocycles. The molecule has 0 aliphatic carbocycles. The molecule has 0 radical (unpaired) electrons. The van der Waals surface area contributed by atoms with Crippen LogP contribution in [0.2, 0.25) is 0 Å². The van der Waals surface area contributed by atoms with E-state index in [0.29, 0.717) is 5.69 Å². The highest BCUT2D eigenvalue weighted by Gasteiger charge is 2.38. The largest absolute Gasteiger partial charge is 0.481 e. The van der Waals surface area contributed by atoms with E-state index < -0.39 is 23.1 Å². The summed E-state index contributed by atoms with van der Waals surface area (Å²) in [5.74, 6) is -1.20. The molecule has 0 spiro atoms. The smallest absolute Gasteiger partial charge is 0.412 e. The van der Waals surface area contributed by atoms with Crippen LogP contribution in [0.3, 0.4) is 0 Å². The van der Waals surface area contributed by atoms with Crippen LogP contribution in [-0.4, -0.2) is 22.8 Å². The minimum absolute atomic E-state index is 0.327. The highest BCUT2D eigenvalue weighted by Crippen LogP contribution is 2.41. The number of rotatable bonds is 5. The van der Waals surface area contributed by atoms with Gasteiger partial charge in [-0.15, -0.1) is 0 Å². The summed E-state index contributed by atoms with van der Waals surface area (Å²) in [7, 11) is 0. The molecule has 5 nitrogen and oxygen atoms in total. The number of ether oxygens (including phenoxy) is 1. The normalized spacial score (nSPS) is 12.9. The monoisotopic (exact) mass is 369 g/mol. The van der Waals surface area contributed by atoms with Crippen molar-refractivity contribution in [1.82, 2.24) is 0 Å². The number of carbonyl (C=O) groups is 2. The van der Waals surface area contributed by atoms with Gasteiger partial charge in [0.1, 0.15) is 5.60 Å². The molecule has 0 fully saturated rings. The molecule has 27 heavy (non-hydrogen) atoms. The molecule has 0 bridgehead atoms. The fourth-order valence-corrected chi connectivity index (χ4v) is 2.98. The van der Waals surface area contributed by atoms with Crippen LogP contribution in [0.15, 0.2) is 54.6 Å². The van der Waals surface area contributed by atoms with E-state index in [-0.39, 0.29) is 5.92 Å². The first-order valence-electron chi connectivity index (χ1n) is 8.89. The number of nitrogens with one attached hydrogen (secondary N) is 1. The predicted molar refractivity (Wildman–Crippen MR) is 106 cm³/mol. The minimum atomic E-state index is -0.999. The summed E-state index contributed by atoms with van der Waals surface area (Å²) in [6, 6.07) is 16.8. The van der Waals surface area contributed by atoms with E-state index in [2.05, 4.69) is 5.32 Å². The zero-order chi connectivity index (χ0) is 20.2. The Morgan fingerprint density at radius 1 is 0.889 bits per heavy atom. The van der Waals surface area contributed by atoms with Gasteiger partial charge < -0.3 is 9.84 Å². The number of carbonyl (C=O) groups excluding carboxylic acids is 1. The Labute approximate surface area is 160 Å². The number of hydrogen-bond acceptors (Lipinski definition) is 3. The molecule has 0 aromatic heterocycles. The first-order valence-corrected chi connectivity index (χ1v) is 8.89. The molecule has 2 N–H and O–H groups in total. The zero-order valence-electron chi connectivity index (χ0n) is 16.4. The van der Waals surface area contributed by atoms with Crippen LogP contribution in [0.25, 0.3) is 0 Å². The standard InChI is InChI=1S/C22H27NO4/c1-21(2,3)27-20(26)23-17-13-11-16(12-14-17)18(22(4,5)19(24)25)15-9-7-6-8-10-15/h6-14,18H,1-5H3,(H,23,26)(H,24,25). The lowest BCUT2D eigenvalue weighted by Crippen LogP contribution is -2.32. The van der Waals surface area contributed by atoms with Crippen LogP contribution >= 0.6 is 0 Å². The Bertz CT molecular complexity index is 789. The van der Waals surface area contributed by atoms with E-state index in [1.807, 2.05) is 42.5 Å². The first kappa shape index (κ1) is 20.5. The lowest BCUT2D eigenvalue weighted by atomic mass is 9.71. The number of aliphatic carboxylic acids is 1. The summed E-state index contributed by atoms with van der Waals surface area (Å²) in [5.41, 5.74) is 0.809. The average molecular weight is 369 g/mol. The van der Waals surface area contributed by atoms with Crippen LogP contribution in [0.1, 0.15) is 51.7 Å². The molecule has 0 heterocycles. The molecule has 0 aliphatic rings. The third kappa shape index (κ3) is 5.33. The van der Waals surface area contributed by atoms with Crippen molar-refractivity contribution in [2.45, 2.75) is 46.1 Å². The molecule has 2 rings (SSSR count).